The Balaban J connectivity index is 1.43. The van der Waals surface area contributed by atoms with Gasteiger partial charge < -0.3 is 16.0 Å². The zero-order valence-electron chi connectivity index (χ0n) is 18.4. The molecule has 0 spiro atoms. The van der Waals surface area contributed by atoms with Crippen LogP contribution in [0.25, 0.3) is 10.6 Å². The quantitative estimate of drug-likeness (QED) is 0.541. The predicted molar refractivity (Wildman–Crippen MR) is 126 cm³/mol. The number of carbonyl (C=O) groups is 1. The summed E-state index contributed by atoms with van der Waals surface area (Å²) in [7, 11) is 0. The molecule has 7 nitrogen and oxygen atoms in total. The summed E-state index contributed by atoms with van der Waals surface area (Å²) >= 11 is 0.952. The van der Waals surface area contributed by atoms with Crippen molar-refractivity contribution in [2.75, 3.05) is 29.0 Å². The molecule has 174 valence electrons. The van der Waals surface area contributed by atoms with Crippen molar-refractivity contribution in [2.45, 2.75) is 45.1 Å². The van der Waals surface area contributed by atoms with Gasteiger partial charge in [0.15, 0.2) is 11.5 Å². The van der Waals surface area contributed by atoms with Gasteiger partial charge in [-0.2, -0.15) is 5.10 Å². The Morgan fingerprint density at radius 3 is 2.82 bits per heavy atom. The number of benzene rings is 1. The number of thiazole rings is 1. The van der Waals surface area contributed by atoms with Gasteiger partial charge in [-0.05, 0) is 56.2 Å². The minimum atomic E-state index is -0.625. The Hall–Kier alpha value is -3.01. The minimum absolute atomic E-state index is 0.00623. The maximum absolute atomic E-state index is 14.2. The number of aromatic nitrogens is 3. The highest BCUT2D eigenvalue weighted by Gasteiger charge is 2.32. The van der Waals surface area contributed by atoms with Crippen LogP contribution < -0.4 is 16.0 Å². The van der Waals surface area contributed by atoms with Crippen molar-refractivity contribution in [3.63, 3.8) is 0 Å². The van der Waals surface area contributed by atoms with Gasteiger partial charge in [-0.3, -0.25) is 4.79 Å². The number of amides is 1. The Kier molecular flexibility index (Phi) is 5.77. The zero-order valence-corrected chi connectivity index (χ0v) is 19.2. The van der Waals surface area contributed by atoms with Gasteiger partial charge in [0, 0.05) is 18.7 Å². The molecule has 0 radical (unpaired) electrons. The number of nitrogens with zero attached hydrogens (tertiary/aromatic N) is 4. The number of nitrogen functional groups attached to an aromatic ring is 1. The summed E-state index contributed by atoms with van der Waals surface area (Å²) in [6, 6.07) is 3.47. The average molecular weight is 473 g/mol. The molecule has 3 N–H and O–H groups in total. The Labute approximate surface area is 194 Å². The van der Waals surface area contributed by atoms with E-state index in [0.29, 0.717) is 17.6 Å². The lowest BCUT2D eigenvalue weighted by molar-refractivity contribution is 0.102. The highest BCUT2D eigenvalue weighted by atomic mass is 32.1. The van der Waals surface area contributed by atoms with Crippen molar-refractivity contribution in [3.8, 4) is 10.6 Å². The molecule has 1 aliphatic carbocycles. The normalized spacial score (nSPS) is 18.9. The summed E-state index contributed by atoms with van der Waals surface area (Å²) in [6.07, 6.45) is 7.19. The predicted octanol–water partition coefficient (Wildman–Crippen LogP) is 5.08. The van der Waals surface area contributed by atoms with Crippen LogP contribution in [0.1, 0.15) is 55.6 Å². The molecular weight excluding hydrogens is 446 g/mol. The number of nitrogens with two attached hydrogens (primary N) is 1. The van der Waals surface area contributed by atoms with Crippen LogP contribution in [0.15, 0.2) is 24.4 Å². The first-order valence-corrected chi connectivity index (χ1v) is 12.1. The molecule has 1 aromatic carbocycles. The number of halogens is 2. The molecule has 1 saturated carbocycles. The molecule has 33 heavy (non-hydrogen) atoms. The molecule has 2 fully saturated rings. The highest BCUT2D eigenvalue weighted by molar-refractivity contribution is 7.19. The number of anilines is 3. The maximum Gasteiger partial charge on any atom is 0.277 e. The second-order valence-corrected chi connectivity index (χ2v) is 9.92. The van der Waals surface area contributed by atoms with Gasteiger partial charge in [0.25, 0.3) is 5.91 Å². The third-order valence-corrected chi connectivity index (χ3v) is 7.17. The molecule has 3 aromatic rings. The molecule has 1 amide bonds. The van der Waals surface area contributed by atoms with Gasteiger partial charge in [-0.15, -0.1) is 0 Å². The van der Waals surface area contributed by atoms with Crippen LogP contribution in [-0.4, -0.2) is 33.8 Å². The van der Waals surface area contributed by atoms with Crippen molar-refractivity contribution < 1.29 is 13.6 Å². The first-order valence-electron chi connectivity index (χ1n) is 11.3. The van der Waals surface area contributed by atoms with Gasteiger partial charge in [0.2, 0.25) is 0 Å². The van der Waals surface area contributed by atoms with E-state index in [1.54, 1.807) is 6.20 Å². The summed E-state index contributed by atoms with van der Waals surface area (Å²) in [5.74, 6) is -0.117. The maximum atomic E-state index is 14.2. The lowest BCUT2D eigenvalue weighted by Crippen LogP contribution is -2.28. The Morgan fingerprint density at radius 2 is 2.03 bits per heavy atom. The molecule has 1 saturated heterocycles. The summed E-state index contributed by atoms with van der Waals surface area (Å²) in [6.45, 7) is 4.09. The number of carbonyl (C=O) groups excluding carboxylic acids is 1. The molecule has 1 aliphatic heterocycles. The van der Waals surface area contributed by atoms with E-state index in [1.165, 1.54) is 6.42 Å². The molecule has 0 bridgehead atoms. The van der Waals surface area contributed by atoms with E-state index in [1.807, 2.05) is 4.68 Å². The van der Waals surface area contributed by atoms with E-state index in [9.17, 15) is 13.6 Å². The van der Waals surface area contributed by atoms with Crippen LogP contribution in [0.5, 0.6) is 0 Å². The van der Waals surface area contributed by atoms with E-state index >= 15 is 0 Å². The van der Waals surface area contributed by atoms with Crippen molar-refractivity contribution in [2.24, 2.45) is 5.92 Å². The monoisotopic (exact) mass is 472 g/mol. The number of hydrogen-bond donors (Lipinski definition) is 2. The van der Waals surface area contributed by atoms with E-state index in [4.69, 9.17) is 5.73 Å². The topological polar surface area (TPSA) is 89.1 Å². The van der Waals surface area contributed by atoms with Crippen molar-refractivity contribution >= 4 is 33.8 Å². The summed E-state index contributed by atoms with van der Waals surface area (Å²) in [5, 5.41) is 7.79. The molecule has 0 unspecified atom stereocenters. The van der Waals surface area contributed by atoms with Gasteiger partial charge in [-0.25, -0.2) is 18.4 Å². The second-order valence-electron chi connectivity index (χ2n) is 8.89. The Bertz CT molecular complexity index is 1190. The van der Waals surface area contributed by atoms with Crippen molar-refractivity contribution in [1.82, 2.24) is 14.8 Å². The molecule has 2 aliphatic rings. The fourth-order valence-electron chi connectivity index (χ4n) is 4.27. The lowest BCUT2D eigenvalue weighted by Gasteiger charge is -2.25. The van der Waals surface area contributed by atoms with Crippen LogP contribution in [0.3, 0.4) is 0 Å². The Morgan fingerprint density at radius 1 is 1.21 bits per heavy atom. The summed E-state index contributed by atoms with van der Waals surface area (Å²) in [5.41, 5.74) is 6.64. The van der Waals surface area contributed by atoms with Crippen molar-refractivity contribution in [3.05, 3.63) is 41.7 Å². The van der Waals surface area contributed by atoms with Crippen molar-refractivity contribution in [1.29, 1.82) is 0 Å². The van der Waals surface area contributed by atoms with Gasteiger partial charge >= 0.3 is 0 Å². The molecular formula is C23H26F2N6OS. The molecule has 3 heterocycles. The standard InChI is InChI=1S/C23H26F2N6OS/c1-13-3-2-9-30(10-8-13)23-18(12-27-31(23)15-5-6-15)28-21(32)19-20(26)33-22(29-19)16-11-14(24)4-7-17(16)25/h4,7,11-13,15H,2-3,5-6,8-10,26H2,1H3,(H,28,32)/t13-/m1/s1. The minimum Gasteiger partial charge on any atom is -0.389 e. The van der Waals surface area contributed by atoms with Crippen LogP contribution in [0, 0.1) is 17.6 Å². The summed E-state index contributed by atoms with van der Waals surface area (Å²) in [4.78, 5) is 19.7. The first-order chi connectivity index (χ1) is 15.9. The molecule has 5 rings (SSSR count). The molecule has 10 heteroatoms. The molecule has 2 aromatic heterocycles. The largest absolute Gasteiger partial charge is 0.389 e. The van der Waals surface area contributed by atoms with E-state index < -0.39 is 17.5 Å². The fraction of sp³-hybridized carbons (Fsp3) is 0.435. The van der Waals surface area contributed by atoms with Gasteiger partial charge in [0.1, 0.15) is 27.3 Å². The zero-order chi connectivity index (χ0) is 23.1. The number of nitrogens with one attached hydrogen (secondary N) is 1. The van der Waals surface area contributed by atoms with Crippen LogP contribution in [0.2, 0.25) is 0 Å². The highest BCUT2D eigenvalue weighted by Crippen LogP contribution is 2.41. The van der Waals surface area contributed by atoms with Crippen LogP contribution in [0.4, 0.5) is 25.3 Å². The van der Waals surface area contributed by atoms with Gasteiger partial charge in [-0.1, -0.05) is 18.3 Å². The lowest BCUT2D eigenvalue weighted by atomic mass is 10.0. The number of rotatable bonds is 5. The first kappa shape index (κ1) is 21.8. The van der Waals surface area contributed by atoms with E-state index in [0.717, 1.165) is 74.1 Å². The number of hydrogen-bond acceptors (Lipinski definition) is 6. The molecule has 1 atom stereocenters. The van der Waals surface area contributed by atoms with Crippen LogP contribution in [-0.2, 0) is 0 Å². The van der Waals surface area contributed by atoms with Gasteiger partial charge in [0.05, 0.1) is 12.2 Å². The van der Waals surface area contributed by atoms with E-state index in [-0.39, 0.29) is 21.3 Å². The van der Waals surface area contributed by atoms with E-state index in [2.05, 4.69) is 27.2 Å². The smallest absolute Gasteiger partial charge is 0.277 e. The average Bonchev–Trinajstić information content (AvgIpc) is 3.49. The second kappa shape index (κ2) is 8.74. The SMILES string of the molecule is C[C@@H]1CCCN(c2c(NC(=O)c3nc(-c4cc(F)ccc4F)sc3N)cnn2C2CC2)CC1. The third kappa shape index (κ3) is 4.44. The van der Waals surface area contributed by atoms with Crippen LogP contribution >= 0.6 is 11.3 Å². The fourth-order valence-corrected chi connectivity index (χ4v) is 5.12. The summed E-state index contributed by atoms with van der Waals surface area (Å²) < 4.78 is 29.8. The third-order valence-electron chi connectivity index (χ3n) is 6.25.